The van der Waals surface area contributed by atoms with E-state index in [1.54, 1.807) is 18.2 Å². The number of nitrogens with two attached hydrogens (primary N) is 1. The van der Waals surface area contributed by atoms with Crippen molar-refractivity contribution in [3.05, 3.63) is 64.7 Å². The monoisotopic (exact) mass is 512 g/mol. The first-order valence-electron chi connectivity index (χ1n) is 12.5. The van der Waals surface area contributed by atoms with Gasteiger partial charge in [0, 0.05) is 23.1 Å². The summed E-state index contributed by atoms with van der Waals surface area (Å²) in [6, 6.07) is 8.74. The van der Waals surface area contributed by atoms with Crippen LogP contribution in [-0.2, 0) is 10.7 Å². The van der Waals surface area contributed by atoms with E-state index in [0.29, 0.717) is 37.2 Å². The van der Waals surface area contributed by atoms with Crippen LogP contribution >= 0.6 is 0 Å². The number of aliphatic hydroxyl groups excluding tert-OH is 1. The van der Waals surface area contributed by atoms with Crippen LogP contribution in [0.25, 0.3) is 0 Å². The fourth-order valence-electron chi connectivity index (χ4n) is 5.60. The van der Waals surface area contributed by atoms with E-state index in [-0.39, 0.29) is 35.0 Å². The lowest BCUT2D eigenvalue weighted by atomic mass is 9.87. The zero-order valence-corrected chi connectivity index (χ0v) is 20.7. The second kappa shape index (κ2) is 9.09. The lowest BCUT2D eigenvalue weighted by Gasteiger charge is -2.41. The van der Waals surface area contributed by atoms with Crippen LogP contribution < -0.4 is 15.8 Å². The van der Waals surface area contributed by atoms with Gasteiger partial charge in [0.25, 0.3) is 5.91 Å². The Balaban J connectivity index is 1.44. The molecule has 196 valence electrons. The number of hydrogen-bond acceptors (Lipinski definition) is 6. The Morgan fingerprint density at radius 1 is 1.22 bits per heavy atom. The van der Waals surface area contributed by atoms with Gasteiger partial charge in [0.05, 0.1) is 30.7 Å². The summed E-state index contributed by atoms with van der Waals surface area (Å²) in [6.45, 7) is 4.31. The number of carbonyl (C=O) groups excluding carboxylic acids is 2. The molecule has 0 unspecified atom stereocenters. The van der Waals surface area contributed by atoms with Crippen molar-refractivity contribution in [2.75, 3.05) is 6.61 Å². The highest BCUT2D eigenvalue weighted by Crippen LogP contribution is 2.47. The van der Waals surface area contributed by atoms with Crippen LogP contribution in [0, 0.1) is 0 Å². The topological polar surface area (TPSA) is 117 Å². The molecule has 0 saturated heterocycles. The molecule has 2 aliphatic heterocycles. The summed E-state index contributed by atoms with van der Waals surface area (Å²) in [5.74, 6) is -3.61. The fourth-order valence-corrected chi connectivity index (χ4v) is 5.60. The normalized spacial score (nSPS) is 25.5. The maximum atomic E-state index is 14.6. The molecule has 37 heavy (non-hydrogen) atoms. The number of fused-ring (bicyclic) bond motifs is 2. The first kappa shape index (κ1) is 25.1. The molecule has 10 heteroatoms. The number of halogens is 2. The third-order valence-corrected chi connectivity index (χ3v) is 7.88. The minimum absolute atomic E-state index is 0.139. The van der Waals surface area contributed by atoms with Crippen LogP contribution in [0.3, 0.4) is 0 Å². The molecule has 2 aromatic carbocycles. The molecule has 4 N–H and O–H groups in total. The lowest BCUT2D eigenvalue weighted by Crippen LogP contribution is -2.53. The Morgan fingerprint density at radius 2 is 1.95 bits per heavy atom. The molecule has 5 rings (SSSR count). The Kier molecular flexibility index (Phi) is 6.18. The number of rotatable bonds is 5. The van der Waals surface area contributed by atoms with Gasteiger partial charge in [-0.25, -0.2) is 4.99 Å². The molecule has 0 radical (unpaired) electrons. The third kappa shape index (κ3) is 4.03. The molecule has 2 amide bonds. The Bertz CT molecular complexity index is 1280. The maximum Gasteiger partial charge on any atom is 0.301 e. The molecule has 0 bridgehead atoms. The standard InChI is InChI=1S/C27H30F2N4O4/c1-3-26(4-2)14-21(34)33(25(30)32-26)19-11-12-37-20-10-9-15(13-17(19)20)24(36)31-22-16-7-5-6-8-18(16)27(28,29)23(22)35/h5-10,13,19,22-23,35H,3-4,11-12,14H2,1-2H3,(H2,30,32)(H,31,36)/t19-,22-,23+/m1/s1. The molecular weight excluding hydrogens is 482 g/mol. The molecule has 2 aromatic rings. The summed E-state index contributed by atoms with van der Waals surface area (Å²) >= 11 is 0. The van der Waals surface area contributed by atoms with Crippen molar-refractivity contribution in [1.82, 2.24) is 10.2 Å². The zero-order valence-electron chi connectivity index (χ0n) is 20.7. The second-order valence-electron chi connectivity index (χ2n) is 9.85. The van der Waals surface area contributed by atoms with Crippen LogP contribution in [0.2, 0.25) is 0 Å². The molecule has 2 heterocycles. The van der Waals surface area contributed by atoms with E-state index in [9.17, 15) is 23.5 Å². The highest BCUT2D eigenvalue weighted by molar-refractivity contribution is 6.00. The van der Waals surface area contributed by atoms with Gasteiger partial charge in [0.15, 0.2) is 5.96 Å². The Hall–Kier alpha value is -3.53. The van der Waals surface area contributed by atoms with Gasteiger partial charge in [0.1, 0.15) is 11.9 Å². The van der Waals surface area contributed by atoms with E-state index in [0.717, 1.165) is 0 Å². The average molecular weight is 513 g/mol. The van der Waals surface area contributed by atoms with E-state index in [4.69, 9.17) is 10.5 Å². The van der Waals surface area contributed by atoms with Gasteiger partial charge < -0.3 is 20.9 Å². The number of alkyl halides is 2. The fraction of sp³-hybridized carbons (Fsp3) is 0.444. The van der Waals surface area contributed by atoms with E-state index in [2.05, 4.69) is 10.3 Å². The van der Waals surface area contributed by atoms with Crippen molar-refractivity contribution in [2.45, 2.75) is 69.2 Å². The summed E-state index contributed by atoms with van der Waals surface area (Å²) in [5, 5.41) is 12.9. The largest absolute Gasteiger partial charge is 0.493 e. The molecular formula is C27H30F2N4O4. The number of carbonyl (C=O) groups is 2. The minimum Gasteiger partial charge on any atom is -0.493 e. The number of nitrogens with zero attached hydrogens (tertiary/aromatic N) is 2. The average Bonchev–Trinajstić information content (AvgIpc) is 3.08. The lowest BCUT2D eigenvalue weighted by molar-refractivity contribution is -0.132. The number of hydrogen-bond donors (Lipinski definition) is 3. The highest BCUT2D eigenvalue weighted by Gasteiger charge is 2.54. The van der Waals surface area contributed by atoms with Gasteiger partial charge in [-0.15, -0.1) is 0 Å². The van der Waals surface area contributed by atoms with Crippen molar-refractivity contribution >= 4 is 17.8 Å². The molecule has 3 atom stereocenters. The van der Waals surface area contributed by atoms with Gasteiger partial charge in [-0.2, -0.15) is 8.78 Å². The molecule has 1 aliphatic carbocycles. The van der Waals surface area contributed by atoms with Gasteiger partial charge in [-0.05, 0) is 36.6 Å². The number of ether oxygens (including phenoxy) is 1. The van der Waals surface area contributed by atoms with Crippen molar-refractivity contribution in [3.8, 4) is 5.75 Å². The molecule has 0 aromatic heterocycles. The predicted molar refractivity (Wildman–Crippen MR) is 132 cm³/mol. The van der Waals surface area contributed by atoms with Crippen molar-refractivity contribution < 1.29 is 28.2 Å². The Morgan fingerprint density at radius 3 is 2.65 bits per heavy atom. The van der Waals surface area contributed by atoms with Crippen LogP contribution in [-0.4, -0.2) is 46.0 Å². The summed E-state index contributed by atoms with van der Waals surface area (Å²) in [4.78, 5) is 32.6. The molecule has 8 nitrogen and oxygen atoms in total. The first-order chi connectivity index (χ1) is 17.6. The summed E-state index contributed by atoms with van der Waals surface area (Å²) in [5.41, 5.74) is 6.43. The quantitative estimate of drug-likeness (QED) is 0.567. The number of guanidine groups is 1. The Labute approximate surface area is 213 Å². The number of amides is 2. The molecule has 0 spiro atoms. The summed E-state index contributed by atoms with van der Waals surface area (Å²) < 4.78 is 35.0. The van der Waals surface area contributed by atoms with Crippen LogP contribution in [0.15, 0.2) is 47.5 Å². The van der Waals surface area contributed by atoms with E-state index >= 15 is 0 Å². The number of nitrogens with one attached hydrogen (secondary N) is 1. The van der Waals surface area contributed by atoms with Crippen LogP contribution in [0.1, 0.15) is 78.7 Å². The summed E-state index contributed by atoms with van der Waals surface area (Å²) in [7, 11) is 0. The third-order valence-electron chi connectivity index (χ3n) is 7.88. The SMILES string of the molecule is CCC1(CC)CC(=O)N([C@@H]2CCOc3ccc(C(=O)N[C@@H]4c5ccccc5C(F)(F)[C@H]4O)cc32)C(N)=N1. The predicted octanol–water partition coefficient (Wildman–Crippen LogP) is 3.55. The van der Waals surface area contributed by atoms with E-state index in [1.165, 1.54) is 29.2 Å². The van der Waals surface area contributed by atoms with Crippen LogP contribution in [0.4, 0.5) is 8.78 Å². The van der Waals surface area contributed by atoms with Gasteiger partial charge in [0.2, 0.25) is 5.91 Å². The number of aliphatic imine (C=N–C) groups is 1. The number of aliphatic hydroxyl groups is 1. The molecule has 0 fully saturated rings. The highest BCUT2D eigenvalue weighted by atomic mass is 19.3. The number of benzene rings is 2. The van der Waals surface area contributed by atoms with Crippen molar-refractivity contribution in [2.24, 2.45) is 10.7 Å². The van der Waals surface area contributed by atoms with Gasteiger partial charge >= 0.3 is 5.92 Å². The second-order valence-corrected chi connectivity index (χ2v) is 9.85. The first-order valence-corrected chi connectivity index (χ1v) is 12.5. The summed E-state index contributed by atoms with van der Waals surface area (Å²) in [6.07, 6.45) is -0.0316. The van der Waals surface area contributed by atoms with Crippen molar-refractivity contribution in [1.29, 1.82) is 0 Å². The van der Waals surface area contributed by atoms with Crippen molar-refractivity contribution in [3.63, 3.8) is 0 Å². The maximum absolute atomic E-state index is 14.6. The zero-order chi connectivity index (χ0) is 26.5. The van der Waals surface area contributed by atoms with Gasteiger partial charge in [-0.1, -0.05) is 38.1 Å². The van der Waals surface area contributed by atoms with E-state index in [1.807, 2.05) is 13.8 Å². The minimum atomic E-state index is -3.49. The molecule has 0 saturated carbocycles. The molecule has 3 aliphatic rings. The van der Waals surface area contributed by atoms with E-state index < -0.39 is 35.6 Å². The van der Waals surface area contributed by atoms with Crippen LogP contribution in [0.5, 0.6) is 5.75 Å². The smallest absolute Gasteiger partial charge is 0.301 e. The van der Waals surface area contributed by atoms with Gasteiger partial charge in [-0.3, -0.25) is 14.5 Å².